The highest BCUT2D eigenvalue weighted by Crippen LogP contribution is 2.31. The van der Waals surface area contributed by atoms with Crippen LogP contribution in [0.2, 0.25) is 0 Å². The highest BCUT2D eigenvalue weighted by atomic mass is 32.2. The molecule has 0 aromatic heterocycles. The molecular formula is C12H20N2O3S2. The molecule has 2 fully saturated rings. The molecule has 0 saturated carbocycles. The van der Waals surface area contributed by atoms with Crippen LogP contribution in [-0.2, 0) is 4.79 Å². The van der Waals surface area contributed by atoms with Crippen LogP contribution in [0.5, 0.6) is 0 Å². The number of carbonyl (C=O) groups excluding carboxylic acids is 1. The Kier molecular flexibility index (Phi) is 4.55. The Balaban J connectivity index is 2.01. The van der Waals surface area contributed by atoms with Crippen LogP contribution >= 0.6 is 23.5 Å². The lowest BCUT2D eigenvalue weighted by Crippen LogP contribution is -2.49. The number of carboxylic acid groups (broad SMARTS) is 1. The molecule has 0 radical (unpaired) electrons. The van der Waals surface area contributed by atoms with E-state index < -0.39 is 12.0 Å². The zero-order valence-corrected chi connectivity index (χ0v) is 12.9. The zero-order chi connectivity index (χ0) is 14.0. The maximum Gasteiger partial charge on any atom is 0.327 e. The molecule has 0 spiro atoms. The molecule has 0 aromatic rings. The van der Waals surface area contributed by atoms with Crippen molar-refractivity contribution in [3.63, 3.8) is 0 Å². The van der Waals surface area contributed by atoms with Gasteiger partial charge in [0.2, 0.25) is 0 Å². The van der Waals surface area contributed by atoms with Gasteiger partial charge < -0.3 is 14.9 Å². The van der Waals surface area contributed by atoms with E-state index in [0.29, 0.717) is 24.7 Å². The zero-order valence-electron chi connectivity index (χ0n) is 11.3. The van der Waals surface area contributed by atoms with Crippen LogP contribution in [0, 0.1) is 0 Å². The van der Waals surface area contributed by atoms with E-state index in [1.807, 2.05) is 16.7 Å². The molecule has 19 heavy (non-hydrogen) atoms. The van der Waals surface area contributed by atoms with Gasteiger partial charge >= 0.3 is 12.0 Å². The number of hydrogen-bond donors (Lipinski definition) is 1. The Morgan fingerprint density at radius 1 is 1.32 bits per heavy atom. The van der Waals surface area contributed by atoms with E-state index in [2.05, 4.69) is 13.8 Å². The molecular weight excluding hydrogens is 284 g/mol. The van der Waals surface area contributed by atoms with Crippen molar-refractivity contribution in [1.82, 2.24) is 9.80 Å². The molecule has 2 saturated heterocycles. The summed E-state index contributed by atoms with van der Waals surface area (Å²) >= 11 is 3.39. The van der Waals surface area contributed by atoms with E-state index in [1.165, 1.54) is 16.7 Å². The first-order valence-electron chi connectivity index (χ1n) is 6.41. The molecule has 108 valence electrons. The number of amides is 2. The van der Waals surface area contributed by atoms with E-state index in [1.54, 1.807) is 0 Å². The fourth-order valence-electron chi connectivity index (χ4n) is 2.23. The van der Waals surface area contributed by atoms with Crippen LogP contribution < -0.4 is 0 Å². The van der Waals surface area contributed by atoms with Gasteiger partial charge in [-0.3, -0.25) is 0 Å². The summed E-state index contributed by atoms with van der Waals surface area (Å²) in [4.78, 5) is 26.9. The Hall–Kier alpha value is -0.560. The lowest BCUT2D eigenvalue weighted by atomic mass is 10.1. The van der Waals surface area contributed by atoms with Gasteiger partial charge in [0, 0.05) is 29.3 Å². The summed E-state index contributed by atoms with van der Waals surface area (Å²) < 4.78 is 0.195. The van der Waals surface area contributed by atoms with Gasteiger partial charge in [-0.05, 0) is 6.42 Å². The van der Waals surface area contributed by atoms with Crippen LogP contribution in [0.4, 0.5) is 4.79 Å². The van der Waals surface area contributed by atoms with Crippen LogP contribution in [0.1, 0.15) is 20.3 Å². The van der Waals surface area contributed by atoms with E-state index in [4.69, 9.17) is 5.11 Å². The lowest BCUT2D eigenvalue weighted by molar-refractivity contribution is -0.140. The number of urea groups is 1. The van der Waals surface area contributed by atoms with Crippen molar-refractivity contribution in [3.8, 4) is 0 Å². The second-order valence-electron chi connectivity index (χ2n) is 5.45. The van der Waals surface area contributed by atoms with Gasteiger partial charge in [-0.25, -0.2) is 9.59 Å². The third-order valence-corrected chi connectivity index (χ3v) is 5.91. The summed E-state index contributed by atoms with van der Waals surface area (Å²) in [5.41, 5.74) is 0. The molecule has 2 amide bonds. The van der Waals surface area contributed by atoms with Crippen molar-refractivity contribution in [2.75, 3.05) is 30.5 Å². The van der Waals surface area contributed by atoms with Gasteiger partial charge in [0.05, 0.1) is 5.88 Å². The van der Waals surface area contributed by atoms with Crippen molar-refractivity contribution in [1.29, 1.82) is 0 Å². The summed E-state index contributed by atoms with van der Waals surface area (Å²) in [5, 5.41) is 9.14. The average Bonchev–Trinajstić information content (AvgIpc) is 2.74. The molecule has 2 heterocycles. The number of thioether (sulfide) groups is 2. The predicted molar refractivity (Wildman–Crippen MR) is 78.7 cm³/mol. The smallest absolute Gasteiger partial charge is 0.327 e. The number of nitrogens with zero attached hydrogens (tertiary/aromatic N) is 2. The summed E-state index contributed by atoms with van der Waals surface area (Å²) in [7, 11) is 0. The number of carbonyl (C=O) groups is 2. The number of rotatable bonds is 1. The molecule has 5 nitrogen and oxygen atoms in total. The van der Waals surface area contributed by atoms with Crippen LogP contribution in [-0.4, -0.2) is 68.2 Å². The average molecular weight is 304 g/mol. The monoisotopic (exact) mass is 304 g/mol. The number of hydrogen-bond acceptors (Lipinski definition) is 4. The normalized spacial score (nSPS) is 27.2. The van der Waals surface area contributed by atoms with Gasteiger partial charge in [-0.2, -0.15) is 11.8 Å². The second-order valence-corrected chi connectivity index (χ2v) is 8.25. The van der Waals surface area contributed by atoms with Gasteiger partial charge in [0.1, 0.15) is 6.04 Å². The van der Waals surface area contributed by atoms with Crippen LogP contribution in [0.15, 0.2) is 0 Å². The van der Waals surface area contributed by atoms with E-state index in [-0.39, 0.29) is 10.8 Å². The van der Waals surface area contributed by atoms with Crippen molar-refractivity contribution in [2.45, 2.75) is 31.1 Å². The fraction of sp³-hybridized carbons (Fsp3) is 0.833. The predicted octanol–water partition coefficient (Wildman–Crippen LogP) is 1.78. The Morgan fingerprint density at radius 3 is 2.74 bits per heavy atom. The maximum absolute atomic E-state index is 12.4. The number of carboxylic acids is 1. The second kappa shape index (κ2) is 5.83. The lowest BCUT2D eigenvalue weighted by Gasteiger charge is -2.29. The van der Waals surface area contributed by atoms with Crippen LogP contribution in [0.3, 0.4) is 0 Å². The standard InChI is InChI=1S/C12H20N2O3S2/c1-12(2)3-4-13(5-6-19-12)11(17)14-8-18-7-9(14)10(15)16/h9H,3-8H2,1-2H3,(H,15,16). The first kappa shape index (κ1) is 14.8. The van der Waals surface area contributed by atoms with Crippen molar-refractivity contribution >= 4 is 35.5 Å². The molecule has 0 bridgehead atoms. The number of aliphatic carboxylic acids is 1. The van der Waals surface area contributed by atoms with Gasteiger partial charge in [0.15, 0.2) is 0 Å². The molecule has 7 heteroatoms. The third kappa shape index (κ3) is 3.51. The Bertz CT molecular complexity index is 376. The third-order valence-electron chi connectivity index (χ3n) is 3.52. The van der Waals surface area contributed by atoms with Gasteiger partial charge in [-0.15, -0.1) is 11.8 Å². The summed E-state index contributed by atoms with van der Waals surface area (Å²) in [6, 6.07) is -0.780. The van der Waals surface area contributed by atoms with E-state index in [9.17, 15) is 9.59 Å². The SMILES string of the molecule is CC1(C)CCN(C(=O)N2CSCC2C(=O)O)CCS1. The highest BCUT2D eigenvalue weighted by Gasteiger charge is 2.37. The minimum atomic E-state index is -0.900. The van der Waals surface area contributed by atoms with E-state index in [0.717, 1.165) is 12.2 Å². The van der Waals surface area contributed by atoms with Crippen molar-refractivity contribution in [3.05, 3.63) is 0 Å². The first-order valence-corrected chi connectivity index (χ1v) is 8.55. The van der Waals surface area contributed by atoms with Gasteiger partial charge in [-0.1, -0.05) is 13.8 Å². The highest BCUT2D eigenvalue weighted by molar-refractivity contribution is 8.00. The summed E-state index contributed by atoms with van der Waals surface area (Å²) in [6.45, 7) is 5.81. The fourth-order valence-corrected chi connectivity index (χ4v) is 4.47. The minimum Gasteiger partial charge on any atom is -0.480 e. The quantitative estimate of drug-likeness (QED) is 0.800. The Morgan fingerprint density at radius 2 is 2.05 bits per heavy atom. The molecule has 0 aliphatic carbocycles. The molecule has 1 atom stereocenters. The largest absolute Gasteiger partial charge is 0.480 e. The molecule has 1 N–H and O–H groups in total. The van der Waals surface area contributed by atoms with Crippen LogP contribution in [0.25, 0.3) is 0 Å². The van der Waals surface area contributed by atoms with Crippen molar-refractivity contribution < 1.29 is 14.7 Å². The molecule has 0 aromatic carbocycles. The van der Waals surface area contributed by atoms with Gasteiger partial charge in [0.25, 0.3) is 0 Å². The maximum atomic E-state index is 12.4. The first-order chi connectivity index (χ1) is 8.91. The molecule has 2 rings (SSSR count). The topological polar surface area (TPSA) is 60.9 Å². The molecule has 2 aliphatic rings. The Labute approximate surface area is 122 Å². The summed E-state index contributed by atoms with van der Waals surface area (Å²) in [6.07, 6.45) is 0.947. The van der Waals surface area contributed by atoms with E-state index >= 15 is 0 Å². The molecule has 1 unspecified atom stereocenters. The summed E-state index contributed by atoms with van der Waals surface area (Å²) in [5.74, 6) is 0.998. The minimum absolute atomic E-state index is 0.115. The van der Waals surface area contributed by atoms with Crippen molar-refractivity contribution in [2.24, 2.45) is 0 Å². The molecule has 2 aliphatic heterocycles.